The van der Waals surface area contributed by atoms with E-state index in [1.54, 1.807) is 5.56 Å². The van der Waals surface area contributed by atoms with Gasteiger partial charge in [-0.25, -0.2) is 0 Å². The first-order chi connectivity index (χ1) is 12.7. The molecule has 158 valence electrons. The van der Waals surface area contributed by atoms with Crippen molar-refractivity contribution < 1.29 is 2.85 Å². The summed E-state index contributed by atoms with van der Waals surface area (Å²) in [6.07, 6.45) is 17.3. The number of hydrogen-bond donors (Lipinski definition) is 0. The lowest BCUT2D eigenvalue weighted by Crippen LogP contribution is -2.25. The van der Waals surface area contributed by atoms with Crippen molar-refractivity contribution in [1.29, 1.82) is 0 Å². The zero-order valence-electron chi connectivity index (χ0n) is 17.7. The normalized spacial score (nSPS) is 29.7. The van der Waals surface area contributed by atoms with Crippen LogP contribution in [-0.2, 0) is 6.42 Å². The zero-order chi connectivity index (χ0) is 18.4. The minimum Gasteiger partial charge on any atom is -0.0776 e. The summed E-state index contributed by atoms with van der Waals surface area (Å²) < 4.78 is 0. The average Bonchev–Trinajstić information content (AvgIpc) is 2.69. The van der Waals surface area contributed by atoms with E-state index in [-0.39, 0.29) is 10.3 Å². The van der Waals surface area contributed by atoms with Crippen molar-refractivity contribution in [3.05, 3.63) is 35.4 Å². The van der Waals surface area contributed by atoms with Gasteiger partial charge in [-0.05, 0) is 85.7 Å². The minimum atomic E-state index is 0. The molecule has 27 heavy (non-hydrogen) atoms. The molecule has 0 radical (unpaired) electrons. The van der Waals surface area contributed by atoms with Gasteiger partial charge in [0.1, 0.15) is 0 Å². The molecule has 0 aliphatic heterocycles. The van der Waals surface area contributed by atoms with Crippen LogP contribution in [-0.4, -0.2) is 0 Å². The highest BCUT2D eigenvalue weighted by molar-refractivity contribution is 5.26. The van der Waals surface area contributed by atoms with E-state index in [4.69, 9.17) is 0 Å². The molecule has 3 rings (SSSR count). The monoisotopic (exact) mass is 374 g/mol. The number of benzene rings is 1. The molecule has 0 bridgehead atoms. The van der Waals surface area contributed by atoms with Crippen LogP contribution in [0.25, 0.3) is 0 Å². The third-order valence-corrected chi connectivity index (χ3v) is 7.76. The SMILES string of the molecule is C.CCCC1CCC(C2CCC(c3ccc(CC(C)CC)cc3)CC2)CC1.[HH].[HH]. The number of hydrogen-bond acceptors (Lipinski definition) is 0. The Balaban J connectivity index is 0.00000261. The van der Waals surface area contributed by atoms with E-state index in [0.717, 1.165) is 29.6 Å². The summed E-state index contributed by atoms with van der Waals surface area (Å²) >= 11 is 0. The summed E-state index contributed by atoms with van der Waals surface area (Å²) in [6, 6.07) is 9.70. The molecular formula is C27H50. The summed E-state index contributed by atoms with van der Waals surface area (Å²) in [7, 11) is 0. The van der Waals surface area contributed by atoms with Gasteiger partial charge >= 0.3 is 0 Å². The van der Waals surface area contributed by atoms with Crippen molar-refractivity contribution in [2.24, 2.45) is 23.7 Å². The third kappa shape index (κ3) is 6.37. The van der Waals surface area contributed by atoms with Crippen molar-refractivity contribution in [1.82, 2.24) is 0 Å². The predicted molar refractivity (Wildman–Crippen MR) is 126 cm³/mol. The van der Waals surface area contributed by atoms with Gasteiger partial charge in [-0.2, -0.15) is 0 Å². The molecular weight excluding hydrogens is 324 g/mol. The molecule has 2 fully saturated rings. The van der Waals surface area contributed by atoms with E-state index in [2.05, 4.69) is 45.0 Å². The molecule has 0 amide bonds. The first kappa shape index (κ1) is 22.5. The van der Waals surface area contributed by atoms with Crippen molar-refractivity contribution in [3.63, 3.8) is 0 Å². The molecule has 0 spiro atoms. The molecule has 2 aliphatic rings. The van der Waals surface area contributed by atoms with E-state index >= 15 is 0 Å². The Hall–Kier alpha value is -0.780. The Bertz CT molecular complexity index is 508. The summed E-state index contributed by atoms with van der Waals surface area (Å²) in [4.78, 5) is 0. The Labute approximate surface area is 173 Å². The fourth-order valence-corrected chi connectivity index (χ4v) is 5.75. The van der Waals surface area contributed by atoms with Crippen molar-refractivity contribution in [2.45, 2.75) is 111 Å². The van der Waals surface area contributed by atoms with Crippen molar-refractivity contribution in [3.8, 4) is 0 Å². The standard InChI is InChI=1S/C26H42.CH4.2H2/c1-4-6-21-7-11-23(12-8-21)25-15-17-26(18-16-25)24-13-9-22(10-14-24)19-20(3)5-2;;;/h9-10,13-14,20-21,23,25-26H,4-8,11-12,15-19H2,1-3H3;1H4;2*1H. The summed E-state index contributed by atoms with van der Waals surface area (Å²) in [5.41, 5.74) is 3.14. The van der Waals surface area contributed by atoms with Crippen molar-refractivity contribution >= 4 is 0 Å². The molecule has 1 aromatic rings. The molecule has 0 N–H and O–H groups in total. The predicted octanol–water partition coefficient (Wildman–Crippen LogP) is 9.28. The molecule has 1 unspecified atom stereocenters. The first-order valence-corrected chi connectivity index (χ1v) is 11.8. The maximum absolute atomic E-state index is 2.44. The van der Waals surface area contributed by atoms with Crippen LogP contribution in [0.4, 0.5) is 0 Å². The lowest BCUT2D eigenvalue weighted by molar-refractivity contribution is 0.156. The van der Waals surface area contributed by atoms with Gasteiger partial charge in [-0.3, -0.25) is 0 Å². The molecule has 0 heteroatoms. The quantitative estimate of drug-likeness (QED) is 0.446. The van der Waals surface area contributed by atoms with E-state index in [1.165, 1.54) is 82.6 Å². The minimum absolute atomic E-state index is 0. The van der Waals surface area contributed by atoms with Crippen molar-refractivity contribution in [2.75, 3.05) is 0 Å². The fourth-order valence-electron chi connectivity index (χ4n) is 5.75. The zero-order valence-corrected chi connectivity index (χ0v) is 17.7. The van der Waals surface area contributed by atoms with E-state index in [9.17, 15) is 0 Å². The molecule has 2 saturated carbocycles. The van der Waals surface area contributed by atoms with Crippen LogP contribution in [0.1, 0.15) is 119 Å². The Kier molecular flexibility index (Phi) is 9.40. The average molecular weight is 375 g/mol. The van der Waals surface area contributed by atoms with E-state index < -0.39 is 0 Å². The van der Waals surface area contributed by atoms with Crippen LogP contribution in [0.3, 0.4) is 0 Å². The smallest absolute Gasteiger partial charge is 0 e. The van der Waals surface area contributed by atoms with E-state index in [0.29, 0.717) is 0 Å². The second kappa shape index (κ2) is 11.3. The van der Waals surface area contributed by atoms with Crippen LogP contribution >= 0.6 is 0 Å². The lowest BCUT2D eigenvalue weighted by atomic mass is 9.68. The summed E-state index contributed by atoms with van der Waals surface area (Å²) in [5, 5.41) is 0. The highest BCUT2D eigenvalue weighted by Gasteiger charge is 2.31. The summed E-state index contributed by atoms with van der Waals surface area (Å²) in [6.45, 7) is 7.02. The molecule has 0 aromatic heterocycles. The van der Waals surface area contributed by atoms with Crippen LogP contribution in [0, 0.1) is 23.7 Å². The first-order valence-electron chi connectivity index (χ1n) is 11.8. The largest absolute Gasteiger partial charge is 0.0776 e. The van der Waals surface area contributed by atoms with Gasteiger partial charge < -0.3 is 0 Å². The van der Waals surface area contributed by atoms with Gasteiger partial charge in [0.25, 0.3) is 0 Å². The molecule has 0 saturated heterocycles. The molecule has 1 aromatic carbocycles. The summed E-state index contributed by atoms with van der Waals surface area (Å²) in [5.74, 6) is 4.80. The topological polar surface area (TPSA) is 0 Å². The van der Waals surface area contributed by atoms with Gasteiger partial charge in [0.05, 0.1) is 0 Å². The second-order valence-corrected chi connectivity index (χ2v) is 9.64. The molecule has 2 aliphatic carbocycles. The highest BCUT2D eigenvalue weighted by Crippen LogP contribution is 2.44. The van der Waals surface area contributed by atoms with Gasteiger partial charge in [0, 0.05) is 2.85 Å². The Morgan fingerprint density at radius 1 is 0.852 bits per heavy atom. The molecule has 1 atom stereocenters. The van der Waals surface area contributed by atoms with Gasteiger partial charge in [0.15, 0.2) is 0 Å². The second-order valence-electron chi connectivity index (χ2n) is 9.64. The third-order valence-electron chi connectivity index (χ3n) is 7.76. The highest BCUT2D eigenvalue weighted by atomic mass is 14.4. The number of rotatable bonds is 7. The van der Waals surface area contributed by atoms with Gasteiger partial charge in [-0.15, -0.1) is 0 Å². The van der Waals surface area contributed by atoms with Crippen LogP contribution < -0.4 is 0 Å². The maximum atomic E-state index is 2.44. The van der Waals surface area contributed by atoms with Crippen LogP contribution in [0.5, 0.6) is 0 Å². The lowest BCUT2D eigenvalue weighted by Gasteiger charge is -2.38. The van der Waals surface area contributed by atoms with Crippen LogP contribution in [0.15, 0.2) is 24.3 Å². The van der Waals surface area contributed by atoms with Gasteiger partial charge in [0.2, 0.25) is 0 Å². The van der Waals surface area contributed by atoms with E-state index in [1.807, 2.05) is 0 Å². The molecule has 0 nitrogen and oxygen atoms in total. The maximum Gasteiger partial charge on any atom is 0 e. The Morgan fingerprint density at radius 3 is 1.93 bits per heavy atom. The fraction of sp³-hybridized carbons (Fsp3) is 0.778. The molecule has 0 heterocycles. The van der Waals surface area contributed by atoms with Crippen LogP contribution in [0.2, 0.25) is 0 Å². The van der Waals surface area contributed by atoms with Gasteiger partial charge in [-0.1, -0.05) is 84.6 Å². The Morgan fingerprint density at radius 2 is 1.41 bits per heavy atom.